The zero-order valence-corrected chi connectivity index (χ0v) is 12.7. The Morgan fingerprint density at radius 3 is 2.40 bits per heavy atom. The molecule has 0 radical (unpaired) electrons. The van der Waals surface area contributed by atoms with Gasteiger partial charge < -0.3 is 10.2 Å². The molecule has 4 nitrogen and oxygen atoms in total. The van der Waals surface area contributed by atoms with Crippen LogP contribution in [0.1, 0.15) is 38.5 Å². The van der Waals surface area contributed by atoms with Crippen LogP contribution in [0.25, 0.3) is 0 Å². The lowest BCUT2D eigenvalue weighted by Gasteiger charge is -2.39. The Morgan fingerprint density at radius 2 is 1.90 bits per heavy atom. The molecule has 0 unspecified atom stereocenters. The van der Waals surface area contributed by atoms with Gasteiger partial charge in [-0.25, -0.2) is 9.37 Å². The third kappa shape index (κ3) is 4.28. The number of halogens is 2. The summed E-state index contributed by atoms with van der Waals surface area (Å²) < 4.78 is 12.5. The minimum absolute atomic E-state index is 0.0331. The molecule has 20 heavy (non-hydrogen) atoms. The zero-order valence-electron chi connectivity index (χ0n) is 11.9. The molecule has 2 fully saturated rings. The van der Waals surface area contributed by atoms with Gasteiger partial charge in [0, 0.05) is 13.1 Å². The van der Waals surface area contributed by atoms with Gasteiger partial charge in [0.1, 0.15) is 0 Å². The first kappa shape index (κ1) is 15.4. The van der Waals surface area contributed by atoms with Gasteiger partial charge in [-0.1, -0.05) is 12.8 Å². The summed E-state index contributed by atoms with van der Waals surface area (Å²) in [6.45, 7) is 2.79. The number of nitrogens with one attached hydrogen (secondary N) is 1. The molecule has 0 bridgehead atoms. The van der Waals surface area contributed by atoms with Crippen LogP contribution in [0.2, 0.25) is 5.28 Å². The van der Waals surface area contributed by atoms with Gasteiger partial charge in [-0.3, -0.25) is 0 Å². The van der Waals surface area contributed by atoms with Gasteiger partial charge in [0.2, 0.25) is 5.28 Å². The van der Waals surface area contributed by atoms with Crippen LogP contribution in [0.5, 0.6) is 0 Å². The molecule has 3 rings (SSSR count). The van der Waals surface area contributed by atoms with E-state index in [1.807, 2.05) is 0 Å². The van der Waals surface area contributed by atoms with Gasteiger partial charge in [-0.05, 0) is 50.4 Å². The monoisotopic (exact) mass is 300 g/mol. The van der Waals surface area contributed by atoms with Crippen molar-refractivity contribution in [1.82, 2.24) is 14.9 Å². The Hall–Kier alpha value is -0.940. The van der Waals surface area contributed by atoms with Gasteiger partial charge >= 0.3 is 0 Å². The second-order valence-corrected chi connectivity index (χ2v) is 5.60. The van der Waals surface area contributed by atoms with Crippen LogP contribution in [-0.2, 0) is 0 Å². The first-order valence-corrected chi connectivity index (χ1v) is 7.68. The number of rotatable bonds is 1. The maximum Gasteiger partial charge on any atom is 0.224 e. The van der Waals surface area contributed by atoms with Gasteiger partial charge in [-0.15, -0.1) is 0 Å². The summed E-state index contributed by atoms with van der Waals surface area (Å²) in [5.74, 6) is -0.396. The van der Waals surface area contributed by atoms with Crippen LogP contribution in [0.3, 0.4) is 0 Å². The van der Waals surface area contributed by atoms with Gasteiger partial charge in [-0.2, -0.15) is 4.98 Å². The van der Waals surface area contributed by atoms with Crippen molar-refractivity contribution < 1.29 is 4.39 Å². The number of hydrogen-bond acceptors (Lipinski definition) is 4. The summed E-state index contributed by atoms with van der Waals surface area (Å²) >= 11 is 5.37. The second kappa shape index (κ2) is 7.74. The van der Waals surface area contributed by atoms with Crippen molar-refractivity contribution >= 4 is 17.4 Å². The molecule has 0 saturated carbocycles. The Labute approximate surface area is 124 Å². The quantitative estimate of drug-likeness (QED) is 0.808. The van der Waals surface area contributed by atoms with Gasteiger partial charge in [0.05, 0.1) is 6.20 Å². The number of nitrogens with zero attached hydrogens (tertiary/aromatic N) is 3. The average Bonchev–Trinajstić information content (AvgIpc) is 2.50. The molecule has 2 aliphatic rings. The van der Waals surface area contributed by atoms with Crippen LogP contribution >= 0.6 is 11.6 Å². The summed E-state index contributed by atoms with van der Waals surface area (Å²) in [5, 5.41) is 2.56. The first-order valence-electron chi connectivity index (χ1n) is 7.30. The zero-order chi connectivity index (χ0) is 14.4. The third-order valence-electron chi connectivity index (χ3n) is 3.93. The molecule has 0 aliphatic carbocycles. The summed E-state index contributed by atoms with van der Waals surface area (Å²) in [6, 6.07) is 0.988. The normalized spacial score (nSPS) is 19.8. The maximum absolute atomic E-state index is 12.5. The van der Waals surface area contributed by atoms with E-state index in [9.17, 15) is 4.39 Å². The molecule has 0 atom stereocenters. The van der Waals surface area contributed by atoms with Crippen LogP contribution < -0.4 is 5.32 Å². The number of fused-ring (bicyclic) bond motifs is 1. The molecule has 2 saturated heterocycles. The Bertz CT molecular complexity index is 404. The standard InChI is InChI=1S/C9H17N.C5H5ClFN3/c1-3-7-10-8-4-2-6-9(10)5-1;1-8-4-3(7)2-9-5(6)10-4/h9H,1-8H2;2H,1H3,(H,8,9,10). The fourth-order valence-electron chi connectivity index (χ4n) is 2.90. The molecule has 0 amide bonds. The second-order valence-electron chi connectivity index (χ2n) is 5.27. The van der Waals surface area contributed by atoms with E-state index in [-0.39, 0.29) is 11.1 Å². The highest BCUT2D eigenvalue weighted by Gasteiger charge is 2.24. The Kier molecular flexibility index (Phi) is 5.98. The summed E-state index contributed by atoms with van der Waals surface area (Å²) in [5.41, 5.74) is 0. The lowest BCUT2D eigenvalue weighted by molar-refractivity contribution is 0.109. The summed E-state index contributed by atoms with van der Waals surface area (Å²) in [7, 11) is 1.56. The number of aromatic nitrogens is 2. The van der Waals surface area contributed by atoms with Crippen molar-refractivity contribution in [1.29, 1.82) is 0 Å². The van der Waals surface area contributed by atoms with E-state index in [0.29, 0.717) is 0 Å². The smallest absolute Gasteiger partial charge is 0.224 e. The fourth-order valence-corrected chi connectivity index (χ4v) is 3.03. The highest BCUT2D eigenvalue weighted by atomic mass is 35.5. The lowest BCUT2D eigenvalue weighted by atomic mass is 9.93. The third-order valence-corrected chi connectivity index (χ3v) is 4.12. The molecular formula is C14H22ClFN4. The van der Waals surface area contributed by atoms with Crippen molar-refractivity contribution in [2.45, 2.75) is 44.6 Å². The largest absolute Gasteiger partial charge is 0.371 e. The molecule has 2 aliphatic heterocycles. The van der Waals surface area contributed by atoms with E-state index >= 15 is 0 Å². The van der Waals surface area contributed by atoms with Crippen molar-refractivity contribution in [2.24, 2.45) is 0 Å². The van der Waals surface area contributed by atoms with E-state index in [1.165, 1.54) is 51.6 Å². The van der Waals surface area contributed by atoms with Gasteiger partial charge in [0.15, 0.2) is 11.6 Å². The first-order chi connectivity index (χ1) is 9.70. The van der Waals surface area contributed by atoms with Crippen molar-refractivity contribution in [2.75, 3.05) is 25.5 Å². The molecule has 1 aromatic rings. The predicted octanol–water partition coefficient (Wildman–Crippen LogP) is 3.34. The number of piperidine rings is 2. The lowest BCUT2D eigenvalue weighted by Crippen LogP contribution is -2.42. The van der Waals surface area contributed by atoms with Crippen molar-refractivity contribution in [3.05, 3.63) is 17.3 Å². The van der Waals surface area contributed by atoms with Crippen LogP contribution in [0, 0.1) is 5.82 Å². The van der Waals surface area contributed by atoms with E-state index < -0.39 is 5.82 Å². The highest BCUT2D eigenvalue weighted by Crippen LogP contribution is 2.25. The van der Waals surface area contributed by atoms with E-state index in [2.05, 4.69) is 20.2 Å². The number of anilines is 1. The van der Waals surface area contributed by atoms with Crippen molar-refractivity contribution in [3.63, 3.8) is 0 Å². The van der Waals surface area contributed by atoms with Gasteiger partial charge in [0.25, 0.3) is 0 Å². The Balaban J connectivity index is 0.000000147. The topological polar surface area (TPSA) is 41.0 Å². The van der Waals surface area contributed by atoms with E-state index in [0.717, 1.165) is 12.2 Å². The molecule has 1 N–H and O–H groups in total. The Morgan fingerprint density at radius 1 is 1.25 bits per heavy atom. The molecular weight excluding hydrogens is 279 g/mol. The summed E-state index contributed by atoms with van der Waals surface area (Å²) in [4.78, 5) is 9.69. The molecule has 0 spiro atoms. The fraction of sp³-hybridized carbons (Fsp3) is 0.714. The SMILES string of the molecule is C1CCN2CCCCC2C1.CNc1nc(Cl)ncc1F. The average molecular weight is 301 g/mol. The summed E-state index contributed by atoms with van der Waals surface area (Å²) in [6.07, 6.45) is 9.87. The molecule has 0 aromatic carbocycles. The molecule has 112 valence electrons. The maximum atomic E-state index is 12.5. The minimum Gasteiger partial charge on any atom is -0.371 e. The number of hydrogen-bond donors (Lipinski definition) is 1. The molecule has 1 aromatic heterocycles. The predicted molar refractivity (Wildman–Crippen MR) is 79.6 cm³/mol. The molecule has 6 heteroatoms. The molecule has 3 heterocycles. The highest BCUT2D eigenvalue weighted by molar-refractivity contribution is 6.28. The van der Waals surface area contributed by atoms with Crippen LogP contribution in [-0.4, -0.2) is 41.0 Å². The minimum atomic E-state index is -0.507. The van der Waals surface area contributed by atoms with E-state index in [4.69, 9.17) is 11.6 Å². The van der Waals surface area contributed by atoms with E-state index in [1.54, 1.807) is 7.05 Å². The van der Waals surface area contributed by atoms with Crippen molar-refractivity contribution in [3.8, 4) is 0 Å². The van der Waals surface area contributed by atoms with Crippen LogP contribution in [0.4, 0.5) is 10.2 Å². The van der Waals surface area contributed by atoms with Crippen LogP contribution in [0.15, 0.2) is 6.20 Å².